The van der Waals surface area contributed by atoms with Crippen molar-refractivity contribution in [1.82, 2.24) is 15.3 Å². The Labute approximate surface area is 196 Å². The molecule has 0 radical (unpaired) electrons. The molecule has 2 aliphatic rings. The highest BCUT2D eigenvalue weighted by atomic mass is 32.2. The number of methoxy groups -OCH3 is 1. The highest BCUT2D eigenvalue weighted by Crippen LogP contribution is 2.30. The van der Waals surface area contributed by atoms with E-state index in [0.717, 1.165) is 40.1 Å². The van der Waals surface area contributed by atoms with Crippen LogP contribution in [0.25, 0.3) is 10.9 Å². The number of ether oxygens (including phenoxy) is 3. The fraction of sp³-hybridized carbons (Fsp3) is 0.375. The zero-order valence-corrected chi connectivity index (χ0v) is 19.2. The molecular weight excluding hydrogens is 440 g/mol. The Bertz CT molecular complexity index is 1150. The monoisotopic (exact) mass is 466 g/mol. The predicted molar refractivity (Wildman–Crippen MR) is 127 cm³/mol. The van der Waals surface area contributed by atoms with Crippen LogP contribution in [-0.2, 0) is 16.1 Å². The first-order valence-corrected chi connectivity index (χ1v) is 12.0. The molecule has 2 N–H and O–H groups in total. The Morgan fingerprint density at radius 2 is 2.12 bits per heavy atom. The molecule has 2 aromatic heterocycles. The third kappa shape index (κ3) is 5.21. The van der Waals surface area contributed by atoms with E-state index in [0.29, 0.717) is 37.2 Å². The van der Waals surface area contributed by atoms with Crippen LogP contribution < -0.4 is 20.1 Å². The smallest absolute Gasteiger partial charge is 0.235 e. The van der Waals surface area contributed by atoms with Gasteiger partial charge in [-0.1, -0.05) is 12.1 Å². The van der Waals surface area contributed by atoms with E-state index in [4.69, 9.17) is 14.2 Å². The first kappa shape index (κ1) is 21.9. The van der Waals surface area contributed by atoms with Gasteiger partial charge in [0, 0.05) is 24.0 Å². The van der Waals surface area contributed by atoms with Crippen molar-refractivity contribution < 1.29 is 19.0 Å². The maximum Gasteiger partial charge on any atom is 0.235 e. The topological polar surface area (TPSA) is 94.6 Å². The van der Waals surface area contributed by atoms with Crippen LogP contribution in [0.1, 0.15) is 18.5 Å². The fourth-order valence-corrected chi connectivity index (χ4v) is 4.72. The summed E-state index contributed by atoms with van der Waals surface area (Å²) in [5.74, 6) is 2.41. The standard InChI is InChI=1S/C24H26N4O4S/c1-30-22-10-5-15-3-2-4-19(23(15)28-22)32-13-18-8-6-17(12-31-18)25-11-16-7-9-20-24(26-16)27-21(29)14-33-20/h2-5,7,9-10,17-18,25H,6,8,11-14H2,1H3,(H,26,27,29)/t17-,18+/m1/s1. The summed E-state index contributed by atoms with van der Waals surface area (Å²) in [6, 6.07) is 14.0. The van der Waals surface area contributed by atoms with Crippen LogP contribution in [0.15, 0.2) is 47.4 Å². The van der Waals surface area contributed by atoms with E-state index in [1.54, 1.807) is 7.11 Å². The number of carbonyl (C=O) groups is 1. The summed E-state index contributed by atoms with van der Waals surface area (Å²) < 4.78 is 17.4. The van der Waals surface area contributed by atoms with E-state index in [-0.39, 0.29) is 18.1 Å². The minimum absolute atomic E-state index is 0.00234. The van der Waals surface area contributed by atoms with Crippen molar-refractivity contribution >= 4 is 34.4 Å². The number of rotatable bonds is 7. The molecule has 0 aliphatic carbocycles. The number of pyridine rings is 2. The minimum Gasteiger partial charge on any atom is -0.489 e. The van der Waals surface area contributed by atoms with Gasteiger partial charge in [0.05, 0.1) is 36.2 Å². The van der Waals surface area contributed by atoms with Crippen molar-refractivity contribution in [1.29, 1.82) is 0 Å². The molecule has 5 rings (SSSR count). The third-order valence-electron chi connectivity index (χ3n) is 5.77. The summed E-state index contributed by atoms with van der Waals surface area (Å²) in [5.41, 5.74) is 1.69. The second-order valence-electron chi connectivity index (χ2n) is 8.09. The Morgan fingerprint density at radius 3 is 2.97 bits per heavy atom. The lowest BCUT2D eigenvalue weighted by atomic mass is 10.1. The number of thioether (sulfide) groups is 1. The largest absolute Gasteiger partial charge is 0.489 e. The summed E-state index contributed by atoms with van der Waals surface area (Å²) in [7, 11) is 1.61. The van der Waals surface area contributed by atoms with E-state index in [2.05, 4.69) is 20.6 Å². The predicted octanol–water partition coefficient (Wildman–Crippen LogP) is 3.40. The number of amides is 1. The van der Waals surface area contributed by atoms with Crippen LogP contribution >= 0.6 is 11.8 Å². The van der Waals surface area contributed by atoms with E-state index in [9.17, 15) is 4.79 Å². The molecule has 0 spiro atoms. The Kier molecular flexibility index (Phi) is 6.61. The lowest BCUT2D eigenvalue weighted by Gasteiger charge is -2.29. The fourth-order valence-electron chi connectivity index (χ4n) is 3.96. The van der Waals surface area contributed by atoms with Crippen molar-refractivity contribution in [3.8, 4) is 11.6 Å². The highest BCUT2D eigenvalue weighted by molar-refractivity contribution is 8.00. The molecule has 4 heterocycles. The van der Waals surface area contributed by atoms with Crippen LogP contribution in [0.5, 0.6) is 11.6 Å². The molecule has 0 bridgehead atoms. The summed E-state index contributed by atoms with van der Waals surface area (Å²) in [4.78, 5) is 21.7. The molecule has 0 saturated carbocycles. The van der Waals surface area contributed by atoms with Crippen LogP contribution in [0, 0.1) is 0 Å². The number of anilines is 1. The van der Waals surface area contributed by atoms with Crippen molar-refractivity contribution in [2.45, 2.75) is 36.4 Å². The zero-order valence-electron chi connectivity index (χ0n) is 18.4. The Morgan fingerprint density at radius 1 is 1.18 bits per heavy atom. The lowest BCUT2D eigenvalue weighted by molar-refractivity contribution is -0.113. The number of nitrogens with zero attached hydrogens (tertiary/aromatic N) is 2. The SMILES string of the molecule is COc1ccc2cccc(OC[C@@H]3CC[C@@H](NCc4ccc5c(n4)NC(=O)CS5)CO3)c2n1. The van der Waals surface area contributed by atoms with Gasteiger partial charge in [-0.15, -0.1) is 11.8 Å². The number of hydrogen-bond donors (Lipinski definition) is 2. The maximum atomic E-state index is 11.6. The van der Waals surface area contributed by atoms with Crippen molar-refractivity contribution in [3.63, 3.8) is 0 Å². The Balaban J connectivity index is 1.11. The highest BCUT2D eigenvalue weighted by Gasteiger charge is 2.23. The summed E-state index contributed by atoms with van der Waals surface area (Å²) in [5, 5.41) is 7.37. The average Bonchev–Trinajstić information content (AvgIpc) is 2.86. The van der Waals surface area contributed by atoms with E-state index in [1.807, 2.05) is 42.5 Å². The first-order chi connectivity index (χ1) is 16.2. The second kappa shape index (κ2) is 9.94. The maximum absolute atomic E-state index is 11.6. The zero-order chi connectivity index (χ0) is 22.6. The lowest BCUT2D eigenvalue weighted by Crippen LogP contribution is -2.41. The molecule has 2 aliphatic heterocycles. The van der Waals surface area contributed by atoms with Gasteiger partial charge in [0.25, 0.3) is 0 Å². The van der Waals surface area contributed by atoms with Gasteiger partial charge in [0.15, 0.2) is 0 Å². The molecule has 2 atom stereocenters. The van der Waals surface area contributed by atoms with Crippen LogP contribution in [0.2, 0.25) is 0 Å². The molecule has 1 saturated heterocycles. The molecule has 1 amide bonds. The molecule has 9 heteroatoms. The molecule has 1 aromatic carbocycles. The third-order valence-corrected chi connectivity index (χ3v) is 6.81. The Hall–Kier alpha value is -2.88. The number of carbonyl (C=O) groups excluding carboxylic acids is 1. The normalized spacial score (nSPS) is 20.2. The molecule has 1 fully saturated rings. The number of fused-ring (bicyclic) bond motifs is 2. The van der Waals surface area contributed by atoms with Gasteiger partial charge in [-0.05, 0) is 37.1 Å². The second-order valence-corrected chi connectivity index (χ2v) is 9.11. The van der Waals surface area contributed by atoms with Crippen LogP contribution in [-0.4, -0.2) is 54.1 Å². The van der Waals surface area contributed by atoms with E-state index in [1.165, 1.54) is 11.8 Å². The van der Waals surface area contributed by atoms with Crippen LogP contribution in [0.3, 0.4) is 0 Å². The number of para-hydroxylation sites is 1. The summed E-state index contributed by atoms with van der Waals surface area (Å²) in [6.07, 6.45) is 1.94. The van der Waals surface area contributed by atoms with Gasteiger partial charge < -0.3 is 24.8 Å². The van der Waals surface area contributed by atoms with Gasteiger partial charge in [-0.25, -0.2) is 9.97 Å². The van der Waals surface area contributed by atoms with Gasteiger partial charge in [0.1, 0.15) is 23.7 Å². The average molecular weight is 467 g/mol. The van der Waals surface area contributed by atoms with Crippen molar-refractivity contribution in [3.05, 3.63) is 48.2 Å². The molecule has 8 nitrogen and oxygen atoms in total. The summed E-state index contributed by atoms with van der Waals surface area (Å²) >= 11 is 1.52. The van der Waals surface area contributed by atoms with Crippen LogP contribution in [0.4, 0.5) is 5.82 Å². The van der Waals surface area contributed by atoms with Crippen molar-refractivity contribution in [2.24, 2.45) is 0 Å². The molecular formula is C24H26N4O4S. The van der Waals surface area contributed by atoms with Crippen molar-refractivity contribution in [2.75, 3.05) is 31.4 Å². The minimum atomic E-state index is -0.00234. The quantitative estimate of drug-likeness (QED) is 0.547. The number of nitrogens with one attached hydrogen (secondary N) is 2. The summed E-state index contributed by atoms with van der Waals surface area (Å²) in [6.45, 7) is 1.73. The van der Waals surface area contributed by atoms with Gasteiger partial charge in [-0.2, -0.15) is 0 Å². The van der Waals surface area contributed by atoms with E-state index >= 15 is 0 Å². The first-order valence-electron chi connectivity index (χ1n) is 11.0. The van der Waals surface area contributed by atoms with Gasteiger partial charge >= 0.3 is 0 Å². The molecule has 33 heavy (non-hydrogen) atoms. The number of benzene rings is 1. The molecule has 0 unspecified atom stereocenters. The molecule has 172 valence electrons. The van der Waals surface area contributed by atoms with E-state index < -0.39 is 0 Å². The molecule has 3 aromatic rings. The number of hydrogen-bond acceptors (Lipinski definition) is 8. The van der Waals surface area contributed by atoms with Gasteiger partial charge in [-0.3, -0.25) is 4.79 Å². The number of aromatic nitrogens is 2. The van der Waals surface area contributed by atoms with Gasteiger partial charge in [0.2, 0.25) is 11.8 Å².